The van der Waals surface area contributed by atoms with E-state index in [2.05, 4.69) is 29.7 Å². The van der Waals surface area contributed by atoms with Gasteiger partial charge in [-0.1, -0.05) is 39.0 Å². The molecule has 0 N–H and O–H groups in total. The van der Waals surface area contributed by atoms with E-state index in [0.29, 0.717) is 31.6 Å². The molecular formula is C18H29N3O2S. The average molecular weight is 352 g/mol. The summed E-state index contributed by atoms with van der Waals surface area (Å²) in [4.78, 5) is 6.50. The first-order valence-corrected chi connectivity index (χ1v) is 10.6. The van der Waals surface area contributed by atoms with Gasteiger partial charge in [0.1, 0.15) is 0 Å². The summed E-state index contributed by atoms with van der Waals surface area (Å²) < 4.78 is 25.9. The van der Waals surface area contributed by atoms with E-state index in [9.17, 15) is 8.42 Å². The molecule has 2 rings (SSSR count). The van der Waals surface area contributed by atoms with Crippen LogP contribution in [-0.4, -0.2) is 41.7 Å². The fourth-order valence-corrected chi connectivity index (χ4v) is 4.30. The summed E-state index contributed by atoms with van der Waals surface area (Å²) >= 11 is 0. The van der Waals surface area contributed by atoms with E-state index in [-0.39, 0.29) is 5.16 Å². The van der Waals surface area contributed by atoms with E-state index in [1.807, 2.05) is 4.57 Å². The normalized spacial score (nSPS) is 16.7. The van der Waals surface area contributed by atoms with Crippen molar-refractivity contribution in [2.75, 3.05) is 12.8 Å². The fourth-order valence-electron chi connectivity index (χ4n) is 3.46. The van der Waals surface area contributed by atoms with Gasteiger partial charge in [0.05, 0.1) is 18.4 Å². The summed E-state index contributed by atoms with van der Waals surface area (Å²) in [7, 11) is -3.34. The number of sulfone groups is 1. The first-order chi connectivity index (χ1) is 11.3. The monoisotopic (exact) mass is 351 g/mol. The Labute approximate surface area is 146 Å². The molecule has 0 saturated heterocycles. The van der Waals surface area contributed by atoms with E-state index < -0.39 is 9.84 Å². The largest absolute Gasteiger partial charge is 0.317 e. The molecule has 0 amide bonds. The molecule has 1 fully saturated rings. The lowest BCUT2D eigenvalue weighted by Crippen LogP contribution is -2.37. The number of rotatable bonds is 7. The molecule has 0 aromatic carbocycles. The van der Waals surface area contributed by atoms with Crippen molar-refractivity contribution in [2.45, 2.75) is 70.2 Å². The Hall–Kier alpha value is -1.32. The zero-order chi connectivity index (χ0) is 17.7. The predicted octanol–water partition coefficient (Wildman–Crippen LogP) is 2.71. The third-order valence-corrected chi connectivity index (χ3v) is 5.52. The van der Waals surface area contributed by atoms with Crippen LogP contribution in [0.15, 0.2) is 11.4 Å². The highest BCUT2D eigenvalue weighted by Crippen LogP contribution is 2.25. The first-order valence-electron chi connectivity index (χ1n) is 8.75. The molecule has 1 aromatic rings. The Morgan fingerprint density at radius 1 is 1.38 bits per heavy atom. The van der Waals surface area contributed by atoms with Crippen molar-refractivity contribution in [1.29, 1.82) is 0 Å². The van der Waals surface area contributed by atoms with Crippen molar-refractivity contribution in [3.8, 4) is 12.3 Å². The van der Waals surface area contributed by atoms with Gasteiger partial charge in [0, 0.05) is 25.4 Å². The fraction of sp³-hybridized carbons (Fsp3) is 0.722. The smallest absolute Gasteiger partial charge is 0.227 e. The predicted molar refractivity (Wildman–Crippen MR) is 96.3 cm³/mol. The molecule has 1 aliphatic carbocycles. The van der Waals surface area contributed by atoms with E-state index in [1.54, 1.807) is 6.20 Å². The molecule has 24 heavy (non-hydrogen) atoms. The second-order valence-corrected chi connectivity index (χ2v) is 9.12. The topological polar surface area (TPSA) is 55.2 Å². The molecule has 0 bridgehead atoms. The van der Waals surface area contributed by atoms with Crippen molar-refractivity contribution in [3.05, 3.63) is 11.9 Å². The standard InChI is InChI=1S/C18H29N3O2S/c1-5-11-20(16-9-7-6-8-10-16)14-17-12-19-18(24(4,22)23)21(17)13-15(2)3/h1,12,15-16H,6-11,13-14H2,2-4H3. The minimum absolute atomic E-state index is 0.163. The van der Waals surface area contributed by atoms with Crippen LogP contribution in [0.5, 0.6) is 0 Å². The Bertz CT molecular complexity index is 680. The molecule has 0 radical (unpaired) electrons. The Balaban J connectivity index is 2.28. The van der Waals surface area contributed by atoms with Gasteiger partial charge in [-0.15, -0.1) is 6.42 Å². The quantitative estimate of drug-likeness (QED) is 0.709. The van der Waals surface area contributed by atoms with Crippen LogP contribution < -0.4 is 0 Å². The molecule has 5 nitrogen and oxygen atoms in total. The van der Waals surface area contributed by atoms with Crippen LogP contribution in [0.2, 0.25) is 0 Å². The number of aromatic nitrogens is 2. The first kappa shape index (κ1) is 19.0. The minimum Gasteiger partial charge on any atom is -0.317 e. The van der Waals surface area contributed by atoms with E-state index >= 15 is 0 Å². The van der Waals surface area contributed by atoms with Crippen LogP contribution in [0.25, 0.3) is 0 Å². The number of hydrogen-bond acceptors (Lipinski definition) is 4. The minimum atomic E-state index is -3.34. The van der Waals surface area contributed by atoms with Crippen LogP contribution in [-0.2, 0) is 22.9 Å². The molecule has 0 unspecified atom stereocenters. The number of hydrogen-bond donors (Lipinski definition) is 0. The molecule has 0 aliphatic heterocycles. The van der Waals surface area contributed by atoms with Crippen LogP contribution in [0.3, 0.4) is 0 Å². The zero-order valence-electron chi connectivity index (χ0n) is 15.0. The Kier molecular flexibility index (Phi) is 6.47. The summed E-state index contributed by atoms with van der Waals surface area (Å²) in [5.74, 6) is 3.10. The Morgan fingerprint density at radius 3 is 2.58 bits per heavy atom. The number of nitrogens with zero attached hydrogens (tertiary/aromatic N) is 3. The SMILES string of the molecule is C#CCN(Cc1cnc(S(C)(=O)=O)n1CC(C)C)C1CCCCC1. The van der Waals surface area contributed by atoms with Gasteiger partial charge >= 0.3 is 0 Å². The molecule has 1 heterocycles. The van der Waals surface area contributed by atoms with Gasteiger partial charge in [-0.2, -0.15) is 0 Å². The van der Waals surface area contributed by atoms with Crippen LogP contribution in [0, 0.1) is 18.3 Å². The number of imidazole rings is 1. The molecular weight excluding hydrogens is 322 g/mol. The van der Waals surface area contributed by atoms with Gasteiger partial charge in [0.2, 0.25) is 15.0 Å². The van der Waals surface area contributed by atoms with E-state index in [4.69, 9.17) is 6.42 Å². The maximum Gasteiger partial charge on any atom is 0.227 e. The second-order valence-electron chi connectivity index (χ2n) is 7.21. The highest BCUT2D eigenvalue weighted by Gasteiger charge is 2.24. The van der Waals surface area contributed by atoms with Crippen LogP contribution >= 0.6 is 0 Å². The van der Waals surface area contributed by atoms with E-state index in [1.165, 1.54) is 38.4 Å². The molecule has 0 atom stereocenters. The Morgan fingerprint density at radius 2 is 2.04 bits per heavy atom. The van der Waals surface area contributed by atoms with Crippen molar-refractivity contribution < 1.29 is 8.42 Å². The molecule has 1 aromatic heterocycles. The highest BCUT2D eigenvalue weighted by atomic mass is 32.2. The lowest BCUT2D eigenvalue weighted by atomic mass is 9.94. The van der Waals surface area contributed by atoms with Gasteiger partial charge in [0.15, 0.2) is 0 Å². The summed E-state index contributed by atoms with van der Waals surface area (Å²) in [5.41, 5.74) is 0.935. The lowest BCUT2D eigenvalue weighted by Gasteiger charge is -2.33. The number of terminal acetylenes is 1. The zero-order valence-corrected chi connectivity index (χ0v) is 15.8. The third kappa shape index (κ3) is 4.84. The van der Waals surface area contributed by atoms with Crippen LogP contribution in [0.4, 0.5) is 0 Å². The summed E-state index contributed by atoms with van der Waals surface area (Å²) in [6.07, 6.45) is 14.6. The van der Waals surface area contributed by atoms with Crippen molar-refractivity contribution in [2.24, 2.45) is 5.92 Å². The molecule has 1 saturated carbocycles. The summed E-state index contributed by atoms with van der Waals surface area (Å²) in [6, 6.07) is 0.485. The summed E-state index contributed by atoms with van der Waals surface area (Å²) in [5, 5.41) is 0.163. The van der Waals surface area contributed by atoms with Crippen LogP contribution in [0.1, 0.15) is 51.6 Å². The van der Waals surface area contributed by atoms with E-state index in [0.717, 1.165) is 5.69 Å². The van der Waals surface area contributed by atoms with Crippen molar-refractivity contribution >= 4 is 9.84 Å². The van der Waals surface area contributed by atoms with Crippen molar-refractivity contribution in [1.82, 2.24) is 14.5 Å². The molecule has 1 aliphatic rings. The highest BCUT2D eigenvalue weighted by molar-refractivity contribution is 7.90. The molecule has 0 spiro atoms. The maximum absolute atomic E-state index is 12.0. The van der Waals surface area contributed by atoms with Gasteiger partial charge in [0.25, 0.3) is 0 Å². The van der Waals surface area contributed by atoms with Gasteiger partial charge in [-0.3, -0.25) is 4.90 Å². The van der Waals surface area contributed by atoms with Gasteiger partial charge < -0.3 is 4.57 Å². The van der Waals surface area contributed by atoms with Gasteiger partial charge in [-0.05, 0) is 18.8 Å². The van der Waals surface area contributed by atoms with Gasteiger partial charge in [-0.25, -0.2) is 13.4 Å². The maximum atomic E-state index is 12.0. The molecule has 134 valence electrons. The van der Waals surface area contributed by atoms with Crippen molar-refractivity contribution in [3.63, 3.8) is 0 Å². The lowest BCUT2D eigenvalue weighted by molar-refractivity contribution is 0.163. The summed E-state index contributed by atoms with van der Waals surface area (Å²) in [6.45, 7) is 6.05. The second kappa shape index (κ2) is 8.17. The molecule has 6 heteroatoms. The third-order valence-electron chi connectivity index (χ3n) is 4.53. The average Bonchev–Trinajstić information content (AvgIpc) is 2.90.